The maximum Gasteiger partial charge on any atom is 0.220 e. The number of nitrogens with one attached hydrogen (secondary N) is 2. The summed E-state index contributed by atoms with van der Waals surface area (Å²) >= 11 is 0. The lowest BCUT2D eigenvalue weighted by Crippen LogP contribution is -2.33. The predicted octanol–water partition coefficient (Wildman–Crippen LogP) is 3.28. The number of amides is 1. The Labute approximate surface area is 138 Å². The van der Waals surface area contributed by atoms with Gasteiger partial charge in [0.15, 0.2) is 0 Å². The van der Waals surface area contributed by atoms with Crippen molar-refractivity contribution in [3.63, 3.8) is 0 Å². The molecule has 122 valence electrons. The molecule has 1 saturated heterocycles. The van der Waals surface area contributed by atoms with Crippen LogP contribution >= 0.6 is 0 Å². The van der Waals surface area contributed by atoms with Crippen molar-refractivity contribution >= 4 is 16.7 Å². The maximum atomic E-state index is 12.0. The van der Waals surface area contributed by atoms with E-state index in [9.17, 15) is 4.79 Å². The number of fused-ring (bicyclic) bond motifs is 1. The van der Waals surface area contributed by atoms with E-state index in [0.29, 0.717) is 6.42 Å². The van der Waals surface area contributed by atoms with Crippen LogP contribution in [-0.2, 0) is 11.2 Å². The van der Waals surface area contributed by atoms with Crippen LogP contribution in [0.25, 0.3) is 10.8 Å². The van der Waals surface area contributed by atoms with Gasteiger partial charge in [-0.05, 0) is 61.0 Å². The van der Waals surface area contributed by atoms with Gasteiger partial charge in [0.05, 0.1) is 0 Å². The number of carbonyl (C=O) groups is 1. The highest BCUT2D eigenvalue weighted by Gasteiger charge is 2.12. The molecule has 23 heavy (non-hydrogen) atoms. The normalized spacial score (nSPS) is 18.0. The van der Waals surface area contributed by atoms with Crippen LogP contribution in [0.15, 0.2) is 42.5 Å². The fourth-order valence-corrected chi connectivity index (χ4v) is 3.33. The first-order valence-corrected chi connectivity index (χ1v) is 8.76. The minimum absolute atomic E-state index is 0.168. The lowest BCUT2D eigenvalue weighted by Gasteiger charge is -2.22. The summed E-state index contributed by atoms with van der Waals surface area (Å²) in [6.45, 7) is 3.06. The Morgan fingerprint density at radius 1 is 1.17 bits per heavy atom. The predicted molar refractivity (Wildman–Crippen MR) is 95.5 cm³/mol. The third-order valence-corrected chi connectivity index (χ3v) is 4.73. The molecule has 2 aromatic carbocycles. The number of benzene rings is 2. The molecule has 1 amide bonds. The zero-order chi connectivity index (χ0) is 15.9. The summed E-state index contributed by atoms with van der Waals surface area (Å²) in [6, 6.07) is 14.8. The van der Waals surface area contributed by atoms with E-state index >= 15 is 0 Å². The van der Waals surface area contributed by atoms with E-state index in [0.717, 1.165) is 38.4 Å². The first-order chi connectivity index (χ1) is 11.3. The summed E-state index contributed by atoms with van der Waals surface area (Å²) in [7, 11) is 0. The molecule has 0 radical (unpaired) electrons. The Balaban J connectivity index is 1.40. The van der Waals surface area contributed by atoms with E-state index in [-0.39, 0.29) is 5.91 Å². The summed E-state index contributed by atoms with van der Waals surface area (Å²) in [5, 5.41) is 8.99. The van der Waals surface area contributed by atoms with Gasteiger partial charge in [0, 0.05) is 13.0 Å². The molecule has 0 aromatic heterocycles. The highest BCUT2D eigenvalue weighted by Crippen LogP contribution is 2.16. The van der Waals surface area contributed by atoms with Gasteiger partial charge in [-0.25, -0.2) is 0 Å². The van der Waals surface area contributed by atoms with Crippen LogP contribution in [0.1, 0.15) is 31.2 Å². The van der Waals surface area contributed by atoms with E-state index in [1.807, 2.05) is 0 Å². The largest absolute Gasteiger partial charge is 0.356 e. The van der Waals surface area contributed by atoms with Crippen LogP contribution in [0.4, 0.5) is 0 Å². The van der Waals surface area contributed by atoms with Gasteiger partial charge in [-0.3, -0.25) is 4.79 Å². The number of aryl methyl sites for hydroxylation is 1. The molecule has 3 nitrogen and oxygen atoms in total. The minimum atomic E-state index is 0.168. The molecule has 2 aromatic rings. The molecule has 0 saturated carbocycles. The van der Waals surface area contributed by atoms with Gasteiger partial charge in [-0.2, -0.15) is 0 Å². The number of carbonyl (C=O) groups excluding carboxylic acids is 1. The van der Waals surface area contributed by atoms with Gasteiger partial charge in [-0.1, -0.05) is 42.5 Å². The van der Waals surface area contributed by atoms with Crippen molar-refractivity contribution < 1.29 is 4.79 Å². The third kappa shape index (κ3) is 4.80. The highest BCUT2D eigenvalue weighted by molar-refractivity contribution is 5.83. The second-order valence-corrected chi connectivity index (χ2v) is 6.53. The van der Waals surface area contributed by atoms with Gasteiger partial charge in [0.1, 0.15) is 0 Å². The Morgan fingerprint density at radius 2 is 2.04 bits per heavy atom. The van der Waals surface area contributed by atoms with Crippen molar-refractivity contribution in [2.45, 2.75) is 32.1 Å². The van der Waals surface area contributed by atoms with E-state index in [4.69, 9.17) is 0 Å². The van der Waals surface area contributed by atoms with Gasteiger partial charge < -0.3 is 10.6 Å². The van der Waals surface area contributed by atoms with Crippen molar-refractivity contribution in [1.82, 2.24) is 10.6 Å². The lowest BCUT2D eigenvalue weighted by molar-refractivity contribution is -0.121. The highest BCUT2D eigenvalue weighted by atomic mass is 16.1. The molecular formula is C20H26N2O. The Hall–Kier alpha value is -1.87. The average Bonchev–Trinajstić information content (AvgIpc) is 2.61. The summed E-state index contributed by atoms with van der Waals surface area (Å²) < 4.78 is 0. The van der Waals surface area contributed by atoms with Crippen molar-refractivity contribution in [1.29, 1.82) is 0 Å². The summed E-state index contributed by atoms with van der Waals surface area (Å²) in [5.74, 6) is 0.895. The van der Waals surface area contributed by atoms with Crippen LogP contribution in [0.2, 0.25) is 0 Å². The molecule has 1 fully saturated rings. The Bertz CT molecular complexity index is 647. The average molecular weight is 310 g/mol. The monoisotopic (exact) mass is 310 g/mol. The van der Waals surface area contributed by atoms with Gasteiger partial charge in [0.2, 0.25) is 5.91 Å². The van der Waals surface area contributed by atoms with Crippen molar-refractivity contribution in [2.24, 2.45) is 5.92 Å². The molecule has 1 atom stereocenters. The second-order valence-electron chi connectivity index (χ2n) is 6.53. The molecule has 1 unspecified atom stereocenters. The van der Waals surface area contributed by atoms with Crippen molar-refractivity contribution in [3.05, 3.63) is 48.0 Å². The smallest absolute Gasteiger partial charge is 0.220 e. The number of hydrogen-bond donors (Lipinski definition) is 2. The molecule has 2 N–H and O–H groups in total. The summed E-state index contributed by atoms with van der Waals surface area (Å²) in [5.41, 5.74) is 1.23. The molecule has 3 rings (SSSR count). The van der Waals surface area contributed by atoms with Crippen LogP contribution < -0.4 is 10.6 Å². The molecule has 0 spiro atoms. The van der Waals surface area contributed by atoms with Crippen LogP contribution in [-0.4, -0.2) is 25.5 Å². The van der Waals surface area contributed by atoms with E-state index in [1.54, 1.807) is 0 Å². The summed E-state index contributed by atoms with van der Waals surface area (Å²) in [4.78, 5) is 12.0. The van der Waals surface area contributed by atoms with Gasteiger partial charge >= 0.3 is 0 Å². The molecule has 1 heterocycles. The topological polar surface area (TPSA) is 41.1 Å². The van der Waals surface area contributed by atoms with E-state index < -0.39 is 0 Å². The first-order valence-electron chi connectivity index (χ1n) is 8.76. The Morgan fingerprint density at radius 3 is 2.87 bits per heavy atom. The second kappa shape index (κ2) is 8.11. The van der Waals surface area contributed by atoms with Gasteiger partial charge in [0.25, 0.3) is 0 Å². The fourth-order valence-electron chi connectivity index (χ4n) is 3.33. The summed E-state index contributed by atoms with van der Waals surface area (Å²) in [6.07, 6.45) is 5.03. The molecule has 3 heteroatoms. The maximum absolute atomic E-state index is 12.0. The fraction of sp³-hybridized carbons (Fsp3) is 0.450. The SMILES string of the molecule is O=C(CCc1ccc2ccccc2c1)NCCC1CCCNC1. The lowest BCUT2D eigenvalue weighted by atomic mass is 9.96. The molecular weight excluding hydrogens is 284 g/mol. The zero-order valence-corrected chi connectivity index (χ0v) is 13.7. The first kappa shape index (κ1) is 16.0. The van der Waals surface area contributed by atoms with Crippen LogP contribution in [0.5, 0.6) is 0 Å². The van der Waals surface area contributed by atoms with Crippen molar-refractivity contribution in [2.75, 3.05) is 19.6 Å². The molecule has 1 aliphatic rings. The molecule has 0 bridgehead atoms. The Kier molecular flexibility index (Phi) is 5.65. The van der Waals surface area contributed by atoms with E-state index in [1.165, 1.54) is 29.2 Å². The van der Waals surface area contributed by atoms with Crippen LogP contribution in [0.3, 0.4) is 0 Å². The number of hydrogen-bond acceptors (Lipinski definition) is 2. The van der Waals surface area contributed by atoms with E-state index in [2.05, 4.69) is 53.1 Å². The zero-order valence-electron chi connectivity index (χ0n) is 13.7. The number of rotatable bonds is 6. The van der Waals surface area contributed by atoms with Crippen LogP contribution in [0, 0.1) is 5.92 Å². The standard InChI is InChI=1S/C20H26N2O/c23-20(22-13-11-17-4-3-12-21-15-17)10-8-16-7-9-18-5-1-2-6-19(18)14-16/h1-2,5-7,9,14,17,21H,3-4,8,10-13,15H2,(H,22,23). The van der Waals surface area contributed by atoms with Crippen molar-refractivity contribution in [3.8, 4) is 0 Å². The minimum Gasteiger partial charge on any atom is -0.356 e. The quantitative estimate of drug-likeness (QED) is 0.860. The molecule has 1 aliphatic heterocycles. The third-order valence-electron chi connectivity index (χ3n) is 4.73. The molecule has 0 aliphatic carbocycles. The van der Waals surface area contributed by atoms with Gasteiger partial charge in [-0.15, -0.1) is 0 Å². The number of piperidine rings is 1.